The lowest BCUT2D eigenvalue weighted by Crippen LogP contribution is -2.10. The quantitative estimate of drug-likeness (QED) is 0.181. The lowest BCUT2D eigenvalue weighted by atomic mass is 9.94. The zero-order valence-electron chi connectivity index (χ0n) is 26.6. The van der Waals surface area contributed by atoms with Crippen LogP contribution >= 0.6 is 11.3 Å². The molecule has 0 aliphatic heterocycles. The molecule has 3 heteroatoms. The summed E-state index contributed by atoms with van der Waals surface area (Å²) < 4.78 is 5.03. The van der Waals surface area contributed by atoms with E-state index in [1.54, 1.807) is 0 Å². The Morgan fingerprint density at radius 1 is 0.429 bits per heavy atom. The Bertz CT molecular complexity index is 2820. The van der Waals surface area contributed by atoms with Gasteiger partial charge in [-0.2, -0.15) is 0 Å². The first-order chi connectivity index (χ1) is 24.3. The van der Waals surface area contributed by atoms with Gasteiger partial charge in [0.1, 0.15) is 0 Å². The summed E-state index contributed by atoms with van der Waals surface area (Å²) in [6, 6.07) is 66.1. The molecule has 10 aromatic rings. The van der Waals surface area contributed by atoms with Crippen LogP contribution in [0.3, 0.4) is 0 Å². The van der Waals surface area contributed by atoms with Crippen LogP contribution < -0.4 is 4.90 Å². The van der Waals surface area contributed by atoms with Crippen LogP contribution in [0.5, 0.6) is 0 Å². The Balaban J connectivity index is 1.28. The van der Waals surface area contributed by atoms with E-state index < -0.39 is 0 Å². The number of hydrogen-bond acceptors (Lipinski definition) is 2. The first-order valence-electron chi connectivity index (χ1n) is 16.7. The van der Waals surface area contributed by atoms with Crippen LogP contribution in [0.15, 0.2) is 182 Å². The molecule has 2 nitrogen and oxygen atoms in total. The number of aromatic nitrogens is 1. The molecular weight excluding hydrogens is 613 g/mol. The lowest BCUT2D eigenvalue weighted by Gasteiger charge is -2.26. The van der Waals surface area contributed by atoms with Crippen LogP contribution in [0.1, 0.15) is 0 Å². The zero-order valence-corrected chi connectivity index (χ0v) is 27.4. The highest BCUT2D eigenvalue weighted by molar-refractivity contribution is 7.26. The molecule has 0 unspecified atom stereocenters. The van der Waals surface area contributed by atoms with Gasteiger partial charge < -0.3 is 9.47 Å². The van der Waals surface area contributed by atoms with Crippen molar-refractivity contribution in [2.75, 3.05) is 4.90 Å². The number of rotatable bonds is 5. The predicted octanol–water partition coefficient (Wildman–Crippen LogP) is 13.4. The Morgan fingerprint density at radius 2 is 1.10 bits per heavy atom. The Morgan fingerprint density at radius 3 is 1.98 bits per heavy atom. The van der Waals surface area contributed by atoms with Crippen LogP contribution in [-0.2, 0) is 0 Å². The number of para-hydroxylation sites is 2. The maximum atomic E-state index is 2.44. The Labute approximate surface area is 288 Å². The van der Waals surface area contributed by atoms with Crippen LogP contribution in [0.2, 0.25) is 0 Å². The van der Waals surface area contributed by atoms with Gasteiger partial charge in [-0.25, -0.2) is 0 Å². The van der Waals surface area contributed by atoms with Crippen molar-refractivity contribution < 1.29 is 0 Å². The maximum absolute atomic E-state index is 2.44. The van der Waals surface area contributed by atoms with Gasteiger partial charge in [-0.05, 0) is 76.5 Å². The third-order valence-corrected chi connectivity index (χ3v) is 11.0. The Kier molecular flexibility index (Phi) is 6.39. The van der Waals surface area contributed by atoms with Crippen molar-refractivity contribution in [1.82, 2.24) is 4.57 Å². The Hall–Kier alpha value is -6.16. The van der Waals surface area contributed by atoms with Crippen molar-refractivity contribution in [3.63, 3.8) is 0 Å². The van der Waals surface area contributed by atoms with Crippen LogP contribution in [0.25, 0.3) is 69.6 Å². The fourth-order valence-corrected chi connectivity index (χ4v) is 8.85. The molecule has 0 fully saturated rings. The van der Waals surface area contributed by atoms with Gasteiger partial charge in [0.25, 0.3) is 0 Å². The van der Waals surface area contributed by atoms with Gasteiger partial charge in [-0.1, -0.05) is 127 Å². The molecule has 0 saturated carbocycles. The molecule has 2 heterocycles. The monoisotopic (exact) mass is 642 g/mol. The molecule has 49 heavy (non-hydrogen) atoms. The van der Waals surface area contributed by atoms with Crippen LogP contribution in [0.4, 0.5) is 17.1 Å². The number of anilines is 3. The van der Waals surface area contributed by atoms with E-state index in [-0.39, 0.29) is 0 Å². The minimum Gasteiger partial charge on any atom is -0.309 e. The summed E-state index contributed by atoms with van der Waals surface area (Å²) in [5, 5.41) is 7.61. The third-order valence-electron chi connectivity index (χ3n) is 9.77. The van der Waals surface area contributed by atoms with Crippen molar-refractivity contribution >= 4 is 81.1 Å². The number of thiophene rings is 1. The second-order valence-electron chi connectivity index (χ2n) is 12.5. The second-order valence-corrected chi connectivity index (χ2v) is 13.6. The van der Waals surface area contributed by atoms with Crippen molar-refractivity contribution in [3.05, 3.63) is 182 Å². The van der Waals surface area contributed by atoms with Crippen LogP contribution in [-0.4, -0.2) is 4.57 Å². The minimum atomic E-state index is 1.12. The van der Waals surface area contributed by atoms with Crippen molar-refractivity contribution in [2.45, 2.75) is 0 Å². The molecule has 0 amide bonds. The van der Waals surface area contributed by atoms with Gasteiger partial charge in [0, 0.05) is 43.3 Å². The average Bonchev–Trinajstić information content (AvgIpc) is 3.72. The summed E-state index contributed by atoms with van der Waals surface area (Å²) >= 11 is 1.87. The number of hydrogen-bond donors (Lipinski definition) is 0. The molecule has 0 radical (unpaired) electrons. The smallest absolute Gasteiger partial charge is 0.0640 e. The standard InChI is InChI=1S/C46H30N2S/c1-3-16-32(17-4-1)47(42-26-13-24-39-37-21-9-10-27-44(37)49-46(39)42)34-28-29-40-43(30-34)48(33-18-5-2-6-19-33)41-25-12-23-38(45(40)41)36-22-11-15-31-14-7-8-20-35(31)36/h1-30H. The molecule has 2 aromatic heterocycles. The SMILES string of the molecule is c1ccc(N(c2ccc3c4c(-c5cccc6ccccc56)cccc4n(-c4ccccc4)c3c2)c2cccc3c2sc2ccccc23)cc1. The molecule has 0 aliphatic carbocycles. The van der Waals surface area contributed by atoms with Crippen molar-refractivity contribution in [2.24, 2.45) is 0 Å². The van der Waals surface area contributed by atoms with Gasteiger partial charge >= 0.3 is 0 Å². The first kappa shape index (κ1) is 27.9. The number of benzene rings is 8. The zero-order chi connectivity index (χ0) is 32.3. The highest BCUT2D eigenvalue weighted by atomic mass is 32.1. The van der Waals surface area contributed by atoms with Crippen molar-refractivity contribution in [1.29, 1.82) is 0 Å². The summed E-state index contributed by atoms with van der Waals surface area (Å²) in [5.74, 6) is 0. The summed E-state index contributed by atoms with van der Waals surface area (Å²) in [5.41, 5.74) is 9.45. The second kappa shape index (κ2) is 11.2. The van der Waals surface area contributed by atoms with E-state index in [1.807, 2.05) is 11.3 Å². The van der Waals surface area contributed by atoms with E-state index in [4.69, 9.17) is 0 Å². The lowest BCUT2D eigenvalue weighted by molar-refractivity contribution is 1.18. The van der Waals surface area contributed by atoms with Crippen molar-refractivity contribution in [3.8, 4) is 16.8 Å². The highest BCUT2D eigenvalue weighted by Crippen LogP contribution is 2.47. The first-order valence-corrected chi connectivity index (χ1v) is 17.5. The number of fused-ring (bicyclic) bond motifs is 7. The summed E-state index contributed by atoms with van der Waals surface area (Å²) in [6.07, 6.45) is 0. The molecular formula is C46H30N2S. The molecule has 8 aromatic carbocycles. The van der Waals surface area contributed by atoms with Gasteiger partial charge in [0.05, 0.1) is 21.4 Å². The maximum Gasteiger partial charge on any atom is 0.0640 e. The van der Waals surface area contributed by atoms with E-state index in [1.165, 1.54) is 69.6 Å². The average molecular weight is 643 g/mol. The molecule has 0 saturated heterocycles. The molecule has 0 bridgehead atoms. The van der Waals surface area contributed by atoms with E-state index in [0.29, 0.717) is 0 Å². The molecule has 0 atom stereocenters. The van der Waals surface area contributed by atoms with Gasteiger partial charge in [0.2, 0.25) is 0 Å². The summed E-state index contributed by atoms with van der Waals surface area (Å²) in [4.78, 5) is 2.43. The molecule has 10 rings (SSSR count). The normalized spacial score (nSPS) is 11.7. The number of nitrogens with zero attached hydrogens (tertiary/aromatic N) is 2. The van der Waals surface area contributed by atoms with E-state index in [9.17, 15) is 0 Å². The largest absolute Gasteiger partial charge is 0.309 e. The molecule has 230 valence electrons. The summed E-state index contributed by atoms with van der Waals surface area (Å²) in [7, 11) is 0. The van der Waals surface area contributed by atoms with Gasteiger partial charge in [0.15, 0.2) is 0 Å². The van der Waals surface area contributed by atoms with Gasteiger partial charge in [-0.15, -0.1) is 11.3 Å². The predicted molar refractivity (Wildman–Crippen MR) is 211 cm³/mol. The fraction of sp³-hybridized carbons (Fsp3) is 0. The van der Waals surface area contributed by atoms with E-state index in [0.717, 1.165) is 17.1 Å². The van der Waals surface area contributed by atoms with E-state index in [2.05, 4.69) is 191 Å². The van der Waals surface area contributed by atoms with E-state index >= 15 is 0 Å². The molecule has 0 spiro atoms. The molecule has 0 aliphatic rings. The third kappa shape index (κ3) is 4.40. The minimum absolute atomic E-state index is 1.12. The highest BCUT2D eigenvalue weighted by Gasteiger charge is 2.22. The van der Waals surface area contributed by atoms with Gasteiger partial charge in [-0.3, -0.25) is 0 Å². The van der Waals surface area contributed by atoms with Crippen LogP contribution in [0, 0.1) is 0 Å². The summed E-state index contributed by atoms with van der Waals surface area (Å²) in [6.45, 7) is 0. The fourth-order valence-electron chi connectivity index (χ4n) is 7.65. The molecule has 0 N–H and O–H groups in total. The topological polar surface area (TPSA) is 8.17 Å².